The van der Waals surface area contributed by atoms with Crippen molar-refractivity contribution in [2.75, 3.05) is 19.5 Å². The van der Waals surface area contributed by atoms with Crippen molar-refractivity contribution in [3.63, 3.8) is 0 Å². The molecular weight excluding hydrogens is 384 g/mol. The second-order valence-corrected chi connectivity index (χ2v) is 7.47. The smallest absolute Gasteiger partial charge is 0.260 e. The van der Waals surface area contributed by atoms with Crippen LogP contribution in [0.3, 0.4) is 0 Å². The van der Waals surface area contributed by atoms with E-state index in [9.17, 15) is 4.79 Å². The lowest BCUT2D eigenvalue weighted by molar-refractivity contribution is -0.116. The fourth-order valence-corrected chi connectivity index (χ4v) is 4.01. The average molecular weight is 405 g/mol. The van der Waals surface area contributed by atoms with Crippen molar-refractivity contribution in [1.29, 1.82) is 0 Å². The number of methoxy groups -OCH3 is 2. The minimum Gasteiger partial charge on any atom is -0.493 e. The van der Waals surface area contributed by atoms with Crippen molar-refractivity contribution in [1.82, 2.24) is 5.32 Å². The van der Waals surface area contributed by atoms with E-state index in [0.29, 0.717) is 21.4 Å². The molecule has 3 rings (SSSR count). The maximum Gasteiger partial charge on any atom is 0.260 e. The highest BCUT2D eigenvalue weighted by molar-refractivity contribution is 8.05. The summed E-state index contributed by atoms with van der Waals surface area (Å²) >= 11 is 7.66. The SMILES string of the molecule is CCc1ccc(N[C@H]2NC(=O)/C(=C/c3cc(Cl)c(OC)c(OC)c3)S2)cc1. The van der Waals surface area contributed by atoms with Crippen LogP contribution in [0.5, 0.6) is 11.5 Å². The Labute approximate surface area is 168 Å². The van der Waals surface area contributed by atoms with E-state index in [-0.39, 0.29) is 11.4 Å². The lowest BCUT2D eigenvalue weighted by Gasteiger charge is -2.13. The van der Waals surface area contributed by atoms with Gasteiger partial charge in [-0.3, -0.25) is 4.79 Å². The summed E-state index contributed by atoms with van der Waals surface area (Å²) in [5.74, 6) is 0.861. The summed E-state index contributed by atoms with van der Waals surface area (Å²) in [6.07, 6.45) is 2.78. The molecule has 1 fully saturated rings. The first kappa shape index (κ1) is 19.5. The van der Waals surface area contributed by atoms with Crippen molar-refractivity contribution in [3.8, 4) is 11.5 Å². The van der Waals surface area contributed by atoms with Crippen LogP contribution in [0.2, 0.25) is 5.02 Å². The normalized spacial score (nSPS) is 17.7. The van der Waals surface area contributed by atoms with Crippen LogP contribution in [0.4, 0.5) is 5.69 Å². The summed E-state index contributed by atoms with van der Waals surface area (Å²) in [5, 5.41) is 6.66. The molecule has 0 spiro atoms. The number of benzene rings is 2. The van der Waals surface area contributed by atoms with Crippen LogP contribution in [0.15, 0.2) is 41.3 Å². The van der Waals surface area contributed by atoms with E-state index in [0.717, 1.165) is 17.7 Å². The number of aryl methyl sites for hydroxylation is 1. The molecule has 2 aromatic rings. The number of ether oxygens (including phenoxy) is 2. The standard InChI is InChI=1S/C20H21ClN2O3S/c1-4-12-5-7-14(8-6-12)22-20-23-19(24)17(27-20)11-13-9-15(21)18(26-3)16(10-13)25-2/h5-11,20,22H,4H2,1-3H3,(H,23,24)/b17-11-/t20-/m0/s1. The van der Waals surface area contributed by atoms with Gasteiger partial charge in [0.15, 0.2) is 17.0 Å². The topological polar surface area (TPSA) is 59.6 Å². The van der Waals surface area contributed by atoms with Gasteiger partial charge in [0.2, 0.25) is 0 Å². The fraction of sp³-hybridized carbons (Fsp3) is 0.250. The first-order chi connectivity index (χ1) is 13.0. The molecule has 0 radical (unpaired) electrons. The average Bonchev–Trinajstić information content (AvgIpc) is 3.00. The fourth-order valence-electron chi connectivity index (χ4n) is 2.73. The van der Waals surface area contributed by atoms with Gasteiger partial charge in [-0.05, 0) is 47.9 Å². The van der Waals surface area contributed by atoms with Crippen LogP contribution >= 0.6 is 23.4 Å². The Morgan fingerprint density at radius 3 is 2.59 bits per heavy atom. The number of hydrogen-bond acceptors (Lipinski definition) is 5. The van der Waals surface area contributed by atoms with E-state index in [1.807, 2.05) is 12.1 Å². The highest BCUT2D eigenvalue weighted by atomic mass is 35.5. The highest BCUT2D eigenvalue weighted by Crippen LogP contribution is 2.38. The molecule has 1 saturated heterocycles. The zero-order valence-corrected chi connectivity index (χ0v) is 16.9. The molecule has 1 heterocycles. The van der Waals surface area contributed by atoms with Gasteiger partial charge in [0.05, 0.1) is 24.1 Å². The number of amides is 1. The number of carbonyl (C=O) groups is 1. The van der Waals surface area contributed by atoms with Gasteiger partial charge >= 0.3 is 0 Å². The van der Waals surface area contributed by atoms with Crippen LogP contribution in [-0.2, 0) is 11.2 Å². The molecule has 1 amide bonds. The van der Waals surface area contributed by atoms with Gasteiger partial charge in [-0.1, -0.05) is 42.4 Å². The van der Waals surface area contributed by atoms with Crippen molar-refractivity contribution in [3.05, 3.63) is 57.5 Å². The van der Waals surface area contributed by atoms with Crippen molar-refractivity contribution >= 4 is 41.0 Å². The molecule has 1 aliphatic heterocycles. The van der Waals surface area contributed by atoms with E-state index < -0.39 is 0 Å². The number of anilines is 1. The second kappa shape index (κ2) is 8.59. The monoisotopic (exact) mass is 404 g/mol. The van der Waals surface area contributed by atoms with Crippen molar-refractivity contribution in [2.45, 2.75) is 18.8 Å². The summed E-state index contributed by atoms with van der Waals surface area (Å²) in [4.78, 5) is 12.9. The molecule has 0 aromatic heterocycles. The molecule has 2 N–H and O–H groups in total. The molecule has 0 aliphatic carbocycles. The predicted molar refractivity (Wildman–Crippen MR) is 111 cm³/mol. The van der Waals surface area contributed by atoms with E-state index in [4.69, 9.17) is 21.1 Å². The predicted octanol–water partition coefficient (Wildman–Crippen LogP) is 4.52. The van der Waals surface area contributed by atoms with Crippen LogP contribution in [-0.4, -0.2) is 25.6 Å². The minimum atomic E-state index is -0.230. The van der Waals surface area contributed by atoms with Crippen LogP contribution in [0.1, 0.15) is 18.1 Å². The summed E-state index contributed by atoms with van der Waals surface area (Å²) < 4.78 is 10.6. The zero-order valence-electron chi connectivity index (χ0n) is 15.3. The number of halogens is 1. The summed E-state index contributed by atoms with van der Waals surface area (Å²) in [6, 6.07) is 11.7. The zero-order chi connectivity index (χ0) is 19.4. The van der Waals surface area contributed by atoms with Gasteiger partial charge in [-0.25, -0.2) is 0 Å². The Kier molecular flexibility index (Phi) is 6.19. The maximum atomic E-state index is 12.3. The molecule has 5 nitrogen and oxygen atoms in total. The van der Waals surface area contributed by atoms with Gasteiger partial charge in [0.25, 0.3) is 5.91 Å². The number of rotatable bonds is 6. The molecule has 0 unspecified atom stereocenters. The lowest BCUT2D eigenvalue weighted by Crippen LogP contribution is -2.30. The van der Waals surface area contributed by atoms with E-state index in [1.165, 1.54) is 24.4 Å². The number of nitrogens with one attached hydrogen (secondary N) is 2. The molecule has 1 aliphatic rings. The van der Waals surface area contributed by atoms with E-state index in [2.05, 4.69) is 29.7 Å². The summed E-state index contributed by atoms with van der Waals surface area (Å²) in [6.45, 7) is 2.12. The van der Waals surface area contributed by atoms with Crippen LogP contribution in [0.25, 0.3) is 6.08 Å². The third-order valence-corrected chi connectivity index (χ3v) is 5.45. The van der Waals surface area contributed by atoms with Gasteiger partial charge in [-0.2, -0.15) is 0 Å². The van der Waals surface area contributed by atoms with Gasteiger partial charge in [-0.15, -0.1) is 0 Å². The largest absolute Gasteiger partial charge is 0.493 e. The molecule has 1 atom stereocenters. The number of thioether (sulfide) groups is 1. The van der Waals surface area contributed by atoms with Gasteiger partial charge in [0, 0.05) is 5.69 Å². The van der Waals surface area contributed by atoms with Crippen molar-refractivity contribution in [2.24, 2.45) is 0 Å². The Morgan fingerprint density at radius 1 is 1.22 bits per heavy atom. The second-order valence-electron chi connectivity index (χ2n) is 5.91. The molecule has 2 aromatic carbocycles. The lowest BCUT2D eigenvalue weighted by atomic mass is 10.1. The third kappa shape index (κ3) is 4.51. The molecule has 142 valence electrons. The minimum absolute atomic E-state index is 0.131. The van der Waals surface area contributed by atoms with E-state index >= 15 is 0 Å². The first-order valence-electron chi connectivity index (χ1n) is 8.50. The third-order valence-electron chi connectivity index (χ3n) is 4.14. The maximum absolute atomic E-state index is 12.3. The molecule has 7 heteroatoms. The van der Waals surface area contributed by atoms with Gasteiger partial charge < -0.3 is 20.1 Å². The van der Waals surface area contributed by atoms with Gasteiger partial charge in [0.1, 0.15) is 0 Å². The Balaban J connectivity index is 1.76. The van der Waals surface area contributed by atoms with Crippen molar-refractivity contribution < 1.29 is 14.3 Å². The molecule has 0 saturated carbocycles. The summed E-state index contributed by atoms with van der Waals surface area (Å²) in [5.41, 5.74) is 2.77. The Bertz CT molecular complexity index is 868. The molecular formula is C20H21ClN2O3S. The highest BCUT2D eigenvalue weighted by Gasteiger charge is 2.27. The summed E-state index contributed by atoms with van der Waals surface area (Å²) in [7, 11) is 3.08. The molecule has 27 heavy (non-hydrogen) atoms. The first-order valence-corrected chi connectivity index (χ1v) is 9.76. The Hall–Kier alpha value is -2.31. The number of hydrogen-bond donors (Lipinski definition) is 2. The van der Waals surface area contributed by atoms with E-state index in [1.54, 1.807) is 25.3 Å². The number of carbonyl (C=O) groups excluding carboxylic acids is 1. The van der Waals surface area contributed by atoms with Crippen LogP contribution < -0.4 is 20.1 Å². The Morgan fingerprint density at radius 2 is 1.96 bits per heavy atom. The quantitative estimate of drug-likeness (QED) is 0.693. The van der Waals surface area contributed by atoms with Crippen LogP contribution in [0, 0.1) is 0 Å². The molecule has 0 bridgehead atoms.